The number of carbonyl (C=O) groups is 1. The minimum Gasteiger partial charge on any atom is -0.460 e. The lowest BCUT2D eigenvalue weighted by Crippen LogP contribution is -2.48. The summed E-state index contributed by atoms with van der Waals surface area (Å²) in [6, 6.07) is 0. The Bertz CT molecular complexity index is 517. The highest BCUT2D eigenvalue weighted by molar-refractivity contribution is 7.87. The molecule has 0 spiro atoms. The van der Waals surface area contributed by atoms with E-state index in [9.17, 15) is 22.0 Å². The Kier molecular flexibility index (Phi) is 3.52. The fraction of sp³-hybridized carbons (Fsp3) is 0.923. The van der Waals surface area contributed by atoms with Crippen molar-refractivity contribution in [3.05, 3.63) is 0 Å². The predicted molar refractivity (Wildman–Crippen MR) is 68.0 cm³/mol. The molecule has 4 aliphatic rings. The summed E-state index contributed by atoms with van der Waals surface area (Å²) in [5.74, 6) is 0.0389. The Morgan fingerprint density at radius 1 is 1.10 bits per heavy atom. The van der Waals surface area contributed by atoms with E-state index < -0.39 is 21.3 Å². The maximum Gasteiger partial charge on any atom is 0.465 e. The Labute approximate surface area is 121 Å². The molecule has 21 heavy (non-hydrogen) atoms. The molecular formula is C13H18F2O5S. The first-order valence-corrected chi connectivity index (χ1v) is 8.64. The first-order valence-electron chi connectivity index (χ1n) is 7.20. The van der Waals surface area contributed by atoms with E-state index in [1.165, 1.54) is 6.42 Å². The number of carbonyl (C=O) groups excluding carboxylic acids is 1. The number of hydrogen-bond acceptors (Lipinski definition) is 4. The second-order valence-corrected chi connectivity index (χ2v) is 8.15. The largest absolute Gasteiger partial charge is 0.465 e. The minimum atomic E-state index is -5.78. The van der Waals surface area contributed by atoms with Crippen molar-refractivity contribution >= 4 is 16.1 Å². The van der Waals surface area contributed by atoms with Crippen molar-refractivity contribution in [3.8, 4) is 0 Å². The van der Waals surface area contributed by atoms with Crippen LogP contribution in [0.15, 0.2) is 0 Å². The summed E-state index contributed by atoms with van der Waals surface area (Å²) >= 11 is 0. The van der Waals surface area contributed by atoms with Gasteiger partial charge in [-0.25, -0.2) is 4.79 Å². The van der Waals surface area contributed by atoms with Crippen LogP contribution in [0.5, 0.6) is 0 Å². The van der Waals surface area contributed by atoms with Gasteiger partial charge in [0.1, 0.15) is 0 Å². The van der Waals surface area contributed by atoms with E-state index in [1.807, 2.05) is 0 Å². The van der Waals surface area contributed by atoms with Crippen LogP contribution in [-0.2, 0) is 19.6 Å². The number of esters is 1. The highest BCUT2D eigenvalue weighted by atomic mass is 32.2. The van der Waals surface area contributed by atoms with Crippen molar-refractivity contribution < 1.29 is 31.3 Å². The monoisotopic (exact) mass is 324 g/mol. The van der Waals surface area contributed by atoms with Gasteiger partial charge in [0, 0.05) is 0 Å². The smallest absolute Gasteiger partial charge is 0.460 e. The average molecular weight is 324 g/mol. The molecule has 0 amide bonds. The van der Waals surface area contributed by atoms with E-state index in [-0.39, 0.29) is 12.5 Å². The summed E-state index contributed by atoms with van der Waals surface area (Å²) in [5, 5.41) is -4.89. The molecule has 0 aromatic carbocycles. The molecule has 4 saturated carbocycles. The predicted octanol–water partition coefficient (Wildman–Crippen LogP) is 2.08. The highest BCUT2D eigenvalue weighted by Crippen LogP contribution is 2.56. The van der Waals surface area contributed by atoms with Gasteiger partial charge < -0.3 is 4.74 Å². The Morgan fingerprint density at radius 3 is 2.00 bits per heavy atom. The van der Waals surface area contributed by atoms with Crippen LogP contribution in [0, 0.1) is 29.6 Å². The first kappa shape index (κ1) is 15.1. The number of alkyl halides is 2. The van der Waals surface area contributed by atoms with Crippen molar-refractivity contribution in [1.29, 1.82) is 0 Å². The summed E-state index contributed by atoms with van der Waals surface area (Å²) in [6.07, 6.45) is 5.43. The van der Waals surface area contributed by atoms with Crippen LogP contribution in [0.2, 0.25) is 0 Å². The van der Waals surface area contributed by atoms with Gasteiger partial charge in [-0.2, -0.15) is 17.2 Å². The summed E-state index contributed by atoms with van der Waals surface area (Å²) in [5.41, 5.74) is 0. The zero-order valence-electron chi connectivity index (χ0n) is 11.4. The zero-order chi connectivity index (χ0) is 15.4. The first-order chi connectivity index (χ1) is 9.68. The van der Waals surface area contributed by atoms with Gasteiger partial charge in [0.25, 0.3) is 0 Å². The summed E-state index contributed by atoms with van der Waals surface area (Å²) in [4.78, 5) is 11.2. The molecule has 4 bridgehead atoms. The maximum absolute atomic E-state index is 13.1. The molecule has 0 atom stereocenters. The van der Waals surface area contributed by atoms with Crippen LogP contribution in [0.25, 0.3) is 0 Å². The Morgan fingerprint density at radius 2 is 1.57 bits per heavy atom. The third-order valence-corrected chi connectivity index (χ3v) is 6.21. The lowest BCUT2D eigenvalue weighted by Gasteiger charge is -2.54. The van der Waals surface area contributed by atoms with Gasteiger partial charge in [-0.05, 0) is 61.7 Å². The molecule has 8 heteroatoms. The van der Waals surface area contributed by atoms with Crippen molar-refractivity contribution in [1.82, 2.24) is 0 Å². The number of rotatable bonds is 4. The number of hydrogen-bond donors (Lipinski definition) is 1. The van der Waals surface area contributed by atoms with E-state index >= 15 is 0 Å². The molecule has 0 aliphatic heterocycles. The third-order valence-electron chi connectivity index (χ3n) is 5.39. The van der Waals surface area contributed by atoms with Crippen molar-refractivity contribution in [2.24, 2.45) is 29.6 Å². The topological polar surface area (TPSA) is 80.7 Å². The van der Waals surface area contributed by atoms with Gasteiger partial charge in [-0.15, -0.1) is 0 Å². The van der Waals surface area contributed by atoms with E-state index in [4.69, 9.17) is 4.55 Å². The summed E-state index contributed by atoms with van der Waals surface area (Å²) < 4.78 is 60.1. The molecule has 1 N–H and O–H groups in total. The minimum absolute atomic E-state index is 0.0407. The van der Waals surface area contributed by atoms with E-state index in [1.54, 1.807) is 0 Å². The van der Waals surface area contributed by atoms with Crippen LogP contribution in [0.1, 0.15) is 32.1 Å². The fourth-order valence-electron chi connectivity index (χ4n) is 4.67. The normalized spacial score (nSPS) is 38.5. The van der Waals surface area contributed by atoms with Gasteiger partial charge in [0.05, 0.1) is 6.61 Å². The van der Waals surface area contributed by atoms with Crippen molar-refractivity contribution in [2.75, 3.05) is 6.61 Å². The molecule has 0 radical (unpaired) electrons. The maximum atomic E-state index is 13.1. The standard InChI is InChI=1S/C13H18F2O5S/c14-13(15,21(17,18)19)12(16)20-6-11-9-2-7-1-8(4-9)5-10(11)3-7/h7-11H,1-6H2,(H,17,18,19). The molecule has 0 unspecified atom stereocenters. The molecule has 4 aliphatic carbocycles. The molecule has 0 aromatic rings. The van der Waals surface area contributed by atoms with Crippen LogP contribution in [0.3, 0.4) is 0 Å². The molecule has 0 heterocycles. The zero-order valence-corrected chi connectivity index (χ0v) is 12.2. The average Bonchev–Trinajstić information content (AvgIpc) is 2.35. The molecule has 0 saturated heterocycles. The van der Waals surface area contributed by atoms with Gasteiger partial charge in [0.2, 0.25) is 0 Å². The van der Waals surface area contributed by atoms with Gasteiger partial charge >= 0.3 is 21.3 Å². The second kappa shape index (κ2) is 4.87. The van der Waals surface area contributed by atoms with Crippen LogP contribution >= 0.6 is 0 Å². The molecule has 4 fully saturated rings. The van der Waals surface area contributed by atoms with Crippen molar-refractivity contribution in [2.45, 2.75) is 37.4 Å². The molecule has 4 rings (SSSR count). The summed E-state index contributed by atoms with van der Waals surface area (Å²) in [6.45, 7) is -0.182. The van der Waals surface area contributed by atoms with Crippen LogP contribution in [-0.4, -0.2) is 30.8 Å². The molecule has 120 valence electrons. The second-order valence-electron chi connectivity index (χ2n) is 6.68. The highest BCUT2D eigenvalue weighted by Gasteiger charge is 2.55. The Hall–Kier alpha value is -0.760. The van der Waals surface area contributed by atoms with E-state index in [0.717, 1.165) is 25.7 Å². The lowest BCUT2D eigenvalue weighted by atomic mass is 9.52. The quantitative estimate of drug-likeness (QED) is 0.632. The third kappa shape index (κ3) is 2.56. The van der Waals surface area contributed by atoms with E-state index in [2.05, 4.69) is 4.74 Å². The summed E-state index contributed by atoms with van der Waals surface area (Å²) in [7, 11) is -5.78. The number of halogens is 2. The lowest BCUT2D eigenvalue weighted by molar-refractivity contribution is -0.167. The SMILES string of the molecule is O=C(OCC1C2CC3CC(C2)CC1C3)C(F)(F)S(=O)(=O)O. The molecular weight excluding hydrogens is 306 g/mol. The van der Waals surface area contributed by atoms with Gasteiger partial charge in [0.15, 0.2) is 0 Å². The molecule has 5 nitrogen and oxygen atoms in total. The van der Waals surface area contributed by atoms with Crippen LogP contribution in [0.4, 0.5) is 8.78 Å². The van der Waals surface area contributed by atoms with Crippen molar-refractivity contribution in [3.63, 3.8) is 0 Å². The van der Waals surface area contributed by atoms with Crippen LogP contribution < -0.4 is 0 Å². The van der Waals surface area contributed by atoms with E-state index in [0.29, 0.717) is 23.7 Å². The van der Waals surface area contributed by atoms with Gasteiger partial charge in [-0.3, -0.25) is 4.55 Å². The Balaban J connectivity index is 1.62. The molecule has 0 aromatic heterocycles. The number of ether oxygens (including phenoxy) is 1. The fourth-order valence-corrected chi connectivity index (χ4v) is 4.94. The van der Waals surface area contributed by atoms with Gasteiger partial charge in [-0.1, -0.05) is 0 Å².